The van der Waals surface area contributed by atoms with Gasteiger partial charge in [-0.1, -0.05) is 212 Å². The topological polar surface area (TPSA) is 373 Å². The van der Waals surface area contributed by atoms with Crippen LogP contribution in [0.15, 0.2) is 12.2 Å². The number of rotatable bonds is 50. The summed E-state index contributed by atoms with van der Waals surface area (Å²) in [5.74, 6) is -6.14. The molecule has 18 unspecified atom stereocenters. The third kappa shape index (κ3) is 28.9. The summed E-state index contributed by atoms with van der Waals surface area (Å²) in [5, 5.41) is 136. The van der Waals surface area contributed by atoms with Gasteiger partial charge in [0.1, 0.15) is 67.1 Å². The molecule has 3 aliphatic rings. The predicted molar refractivity (Wildman–Crippen MR) is 325 cm³/mol. The summed E-state index contributed by atoms with van der Waals surface area (Å²) in [7, 11) is 0. The Balaban J connectivity index is 1.61. The second kappa shape index (κ2) is 45.7. The predicted octanol–water partition coefficient (Wildman–Crippen LogP) is 5.12. The van der Waals surface area contributed by atoms with Crippen molar-refractivity contribution >= 4 is 17.8 Å². The molecule has 0 aromatic heterocycles. The normalized spacial score (nSPS) is 29.2. The number of unbranched alkanes of at least 4 members (excludes halogenated alkanes) is 30. The smallest absolute Gasteiger partial charge is 0.364 e. The van der Waals surface area contributed by atoms with E-state index >= 15 is 0 Å². The summed E-state index contributed by atoms with van der Waals surface area (Å²) in [4.78, 5) is 38.5. The van der Waals surface area contributed by atoms with Crippen LogP contribution in [-0.2, 0) is 42.8 Å². The molecule has 3 saturated heterocycles. The van der Waals surface area contributed by atoms with Crippen molar-refractivity contribution in [3.05, 3.63) is 12.2 Å². The van der Waals surface area contributed by atoms with E-state index in [1.54, 1.807) is 6.08 Å². The van der Waals surface area contributed by atoms with Crippen LogP contribution in [0.5, 0.6) is 0 Å². The monoisotopic (exact) mass is 1250 g/mol. The van der Waals surface area contributed by atoms with Crippen molar-refractivity contribution in [2.24, 2.45) is 0 Å². The maximum absolute atomic E-state index is 13.4. The van der Waals surface area contributed by atoms with E-state index in [2.05, 4.69) is 24.5 Å². The molecule has 0 radical (unpaired) electrons. The SMILES string of the molecule is CCCCCCCCCCCCC/C=C/C(O)C(COC1OC(CO)C(OC2OC(CO)C(O)C(OC3(C(=O)O)CC(O)C(NC(C)=O)C(C(O)C(O)CO)O3)C2O)C(O)C1O)NC(=O)CCCCCCCCCCCCCCCCCCCCCC. The first-order chi connectivity index (χ1) is 41.9. The Kier molecular flexibility index (Phi) is 41.3. The largest absolute Gasteiger partial charge is 0.477 e. The third-order valence-corrected chi connectivity index (χ3v) is 17.2. The number of hydrogen-bond donors (Lipinski definition) is 14. The lowest BCUT2D eigenvalue weighted by Gasteiger charge is -2.50. The van der Waals surface area contributed by atoms with Gasteiger partial charge in [0.25, 0.3) is 5.79 Å². The maximum Gasteiger partial charge on any atom is 0.364 e. The Labute approximate surface area is 518 Å². The summed E-state index contributed by atoms with van der Waals surface area (Å²) < 4.78 is 34.7. The van der Waals surface area contributed by atoms with Crippen molar-refractivity contribution in [1.29, 1.82) is 0 Å². The Morgan fingerprint density at radius 2 is 1.07 bits per heavy atom. The number of aliphatic carboxylic acids is 1. The van der Waals surface area contributed by atoms with Crippen molar-refractivity contribution < 1.29 is 104 Å². The quantitative estimate of drug-likeness (QED) is 0.0278. The first-order valence-electron chi connectivity index (χ1n) is 33.6. The van der Waals surface area contributed by atoms with E-state index in [4.69, 9.17) is 28.4 Å². The molecule has 3 aliphatic heterocycles. The van der Waals surface area contributed by atoms with Gasteiger partial charge in [0.05, 0.1) is 50.7 Å². The highest BCUT2D eigenvalue weighted by atomic mass is 16.8. The highest BCUT2D eigenvalue weighted by molar-refractivity contribution is 5.77. The van der Waals surface area contributed by atoms with Gasteiger partial charge < -0.3 is 100 Å². The molecule has 0 aliphatic carbocycles. The first kappa shape index (κ1) is 78.7. The molecule has 0 bridgehead atoms. The minimum Gasteiger partial charge on any atom is -0.477 e. The average molecular weight is 1250 g/mol. The summed E-state index contributed by atoms with van der Waals surface area (Å²) in [6.07, 6.45) is 12.6. The van der Waals surface area contributed by atoms with Crippen LogP contribution in [0.2, 0.25) is 0 Å². The molecule has 2 amide bonds. The van der Waals surface area contributed by atoms with Gasteiger partial charge in [-0.15, -0.1) is 0 Å². The van der Waals surface area contributed by atoms with E-state index in [-0.39, 0.29) is 12.3 Å². The van der Waals surface area contributed by atoms with Crippen LogP contribution >= 0.6 is 0 Å². The number of carbonyl (C=O) groups excluding carboxylic acids is 2. The minimum atomic E-state index is -3.08. The molecule has 3 rings (SSSR count). The first-order valence-corrected chi connectivity index (χ1v) is 33.6. The van der Waals surface area contributed by atoms with Gasteiger partial charge in [-0.2, -0.15) is 0 Å². The van der Waals surface area contributed by atoms with Crippen molar-refractivity contribution in [2.45, 2.75) is 349 Å². The number of carboxylic acid groups (broad SMARTS) is 1. The van der Waals surface area contributed by atoms with Crippen molar-refractivity contribution in [1.82, 2.24) is 10.6 Å². The van der Waals surface area contributed by atoms with Gasteiger partial charge in [-0.3, -0.25) is 9.59 Å². The molecule has 0 saturated carbocycles. The zero-order chi connectivity index (χ0) is 64.0. The Hall–Kier alpha value is -2.53. The summed E-state index contributed by atoms with van der Waals surface area (Å²) >= 11 is 0. The van der Waals surface area contributed by atoms with E-state index in [9.17, 15) is 75.7 Å². The fourth-order valence-corrected chi connectivity index (χ4v) is 11.8. The molecular formula is C64H118N2O21. The van der Waals surface area contributed by atoms with E-state index < -0.39 is 155 Å². The average Bonchev–Trinajstić information content (AvgIpc) is 1.65. The molecule has 3 heterocycles. The second-order valence-corrected chi connectivity index (χ2v) is 24.7. The number of allylic oxidation sites excluding steroid dienone is 1. The lowest BCUT2D eigenvalue weighted by molar-refractivity contribution is -0.386. The van der Waals surface area contributed by atoms with E-state index in [1.165, 1.54) is 148 Å². The minimum absolute atomic E-state index is 0.205. The molecule has 3 fully saturated rings. The van der Waals surface area contributed by atoms with Crippen LogP contribution in [0.3, 0.4) is 0 Å². The van der Waals surface area contributed by atoms with E-state index in [0.717, 1.165) is 51.9 Å². The molecule has 23 heteroatoms. The second-order valence-electron chi connectivity index (χ2n) is 24.7. The zero-order valence-electron chi connectivity index (χ0n) is 52.9. The van der Waals surface area contributed by atoms with Crippen LogP contribution in [0.1, 0.15) is 239 Å². The van der Waals surface area contributed by atoms with Gasteiger partial charge in [-0.05, 0) is 19.3 Å². The molecule has 23 nitrogen and oxygen atoms in total. The maximum atomic E-state index is 13.4. The van der Waals surface area contributed by atoms with Crippen LogP contribution < -0.4 is 10.6 Å². The molecule has 0 spiro atoms. The number of hydrogen-bond acceptors (Lipinski definition) is 20. The van der Waals surface area contributed by atoms with Gasteiger partial charge in [-0.25, -0.2) is 4.79 Å². The standard InChI is InChI=1S/C64H118N2O21/c1-4-6-8-10-12-14-16-18-19-20-21-22-23-24-26-28-30-32-34-36-38-51(74)66-45(46(71)37-35-33-31-29-27-25-17-15-13-11-9-7-5-2)43-82-61-56(78)55(77)58(50(42-69)84-61)85-62-57(79)60(54(76)49(41-68)83-62)87-64(63(80)81)39-47(72)52(65-44(3)70)59(86-64)53(75)48(73)40-67/h35,37,45-50,52-62,67-69,71-73,75-79H,4-34,36,38-43H2,1-3H3,(H,65,70)(H,66,74)(H,80,81)/b37-35+. The van der Waals surface area contributed by atoms with Crippen LogP contribution in [0.25, 0.3) is 0 Å². The number of ether oxygens (including phenoxy) is 6. The molecule has 0 aromatic rings. The summed E-state index contributed by atoms with van der Waals surface area (Å²) in [5.41, 5.74) is 0. The highest BCUT2D eigenvalue weighted by Crippen LogP contribution is 2.39. The van der Waals surface area contributed by atoms with E-state index in [1.807, 2.05) is 6.08 Å². The fourth-order valence-electron chi connectivity index (χ4n) is 11.8. The Bertz CT molecular complexity index is 1820. The highest BCUT2D eigenvalue weighted by Gasteiger charge is 2.60. The molecule has 87 heavy (non-hydrogen) atoms. The number of aliphatic hydroxyl groups is 11. The number of amides is 2. The van der Waals surface area contributed by atoms with Crippen molar-refractivity contribution in [3.63, 3.8) is 0 Å². The van der Waals surface area contributed by atoms with Crippen LogP contribution in [0.4, 0.5) is 0 Å². The lowest BCUT2D eigenvalue weighted by Crippen LogP contribution is -2.70. The van der Waals surface area contributed by atoms with Gasteiger partial charge in [0.2, 0.25) is 11.8 Å². The van der Waals surface area contributed by atoms with Crippen LogP contribution in [-0.4, -0.2) is 215 Å². The molecule has 14 N–H and O–H groups in total. The molecule has 18 atom stereocenters. The molecule has 0 aromatic carbocycles. The Morgan fingerprint density at radius 3 is 1.53 bits per heavy atom. The van der Waals surface area contributed by atoms with Gasteiger partial charge >= 0.3 is 5.97 Å². The molecule has 510 valence electrons. The number of nitrogens with one attached hydrogen (secondary N) is 2. The van der Waals surface area contributed by atoms with Gasteiger partial charge in [0.15, 0.2) is 12.6 Å². The molecular weight excluding hydrogens is 1130 g/mol. The summed E-state index contributed by atoms with van der Waals surface area (Å²) in [6.45, 7) is 2.13. The van der Waals surface area contributed by atoms with Crippen molar-refractivity contribution in [2.75, 3.05) is 26.4 Å². The zero-order valence-corrected chi connectivity index (χ0v) is 52.9. The Morgan fingerprint density at radius 1 is 0.598 bits per heavy atom. The summed E-state index contributed by atoms with van der Waals surface area (Å²) in [6, 6.07) is -2.61. The third-order valence-electron chi connectivity index (χ3n) is 17.2. The fraction of sp³-hybridized carbons (Fsp3) is 0.922. The van der Waals surface area contributed by atoms with Gasteiger partial charge in [0, 0.05) is 19.8 Å². The number of carboxylic acids is 1. The number of aliphatic hydroxyl groups excluding tert-OH is 11. The number of carbonyl (C=O) groups is 3. The lowest BCUT2D eigenvalue weighted by atomic mass is 9.88. The van der Waals surface area contributed by atoms with E-state index in [0.29, 0.717) is 12.8 Å². The van der Waals surface area contributed by atoms with Crippen molar-refractivity contribution in [3.8, 4) is 0 Å². The van der Waals surface area contributed by atoms with Crippen LogP contribution in [0, 0.1) is 0 Å².